The smallest absolute Gasteiger partial charge is 0.481 e. The van der Waals surface area contributed by atoms with Crippen LogP contribution in [0.2, 0.25) is 0 Å². The molecule has 0 N–H and O–H groups in total. The minimum absolute atomic E-state index is 0.0116. The molecule has 0 fully saturated rings. The van der Waals surface area contributed by atoms with Crippen molar-refractivity contribution in [2.45, 2.75) is 6.92 Å². The molecule has 0 aliphatic rings. The van der Waals surface area contributed by atoms with Crippen LogP contribution in [0, 0.1) is 0 Å². The summed E-state index contributed by atoms with van der Waals surface area (Å²) in [4.78, 5) is 10.0. The minimum Gasteiger partial charge on any atom is -0.659 e. The summed E-state index contributed by atoms with van der Waals surface area (Å²) in [7, 11) is 0. The maximum absolute atomic E-state index is 10.0. The van der Waals surface area contributed by atoms with Gasteiger partial charge in [-0.3, -0.25) is 4.79 Å². The van der Waals surface area contributed by atoms with Gasteiger partial charge in [0.1, 0.15) is 0 Å². The van der Waals surface area contributed by atoms with Gasteiger partial charge < -0.3 is 3.79 Å². The van der Waals surface area contributed by atoms with Gasteiger partial charge >= 0.3 is 16.6 Å². The van der Waals surface area contributed by atoms with Crippen LogP contribution in [0.1, 0.15) is 6.92 Å². The molecule has 0 aromatic rings. The van der Waals surface area contributed by atoms with Gasteiger partial charge in [-0.05, 0) is 6.92 Å². The van der Waals surface area contributed by atoms with Gasteiger partial charge in [0.05, 0.1) is 0 Å². The third-order valence-corrected chi connectivity index (χ3v) is 0.538. The van der Waals surface area contributed by atoms with Crippen molar-refractivity contribution in [1.82, 2.24) is 0 Å². The molecule has 0 aliphatic carbocycles. The standard InChI is InChI=1S/C4H6O2.Al/c1-4(6)2-3-5;/h2-3,5H,1H3;/q;+1/p-1/b3-2-;. The highest BCUT2D eigenvalue weighted by atomic mass is 27.1. The Bertz CT molecular complexity index is 87.7. The Labute approximate surface area is 50.9 Å². The van der Waals surface area contributed by atoms with Crippen LogP contribution in [0.3, 0.4) is 0 Å². The molecule has 0 aromatic heterocycles. The lowest BCUT2D eigenvalue weighted by Gasteiger charge is -1.83. The topological polar surface area (TPSA) is 26.3 Å². The van der Waals surface area contributed by atoms with Gasteiger partial charge in [0.2, 0.25) is 0 Å². The van der Waals surface area contributed by atoms with E-state index in [4.69, 9.17) is 0 Å². The Morgan fingerprint density at radius 2 is 2.43 bits per heavy atom. The first-order valence-corrected chi connectivity index (χ1v) is 2.27. The Hall–Kier alpha value is -0.258. The molecule has 3 heteroatoms. The number of hydrogen-bond acceptors (Lipinski definition) is 2. The van der Waals surface area contributed by atoms with E-state index in [0.29, 0.717) is 0 Å². The summed E-state index contributed by atoms with van der Waals surface area (Å²) in [5.41, 5.74) is 0. The number of carbonyl (C=O) groups excluding carboxylic acids is 1. The lowest BCUT2D eigenvalue weighted by atomic mass is 10.4. The molecule has 0 aromatic carbocycles. The second-order valence-corrected chi connectivity index (χ2v) is 1.32. The highest BCUT2D eigenvalue weighted by Crippen LogP contribution is 1.71. The summed E-state index contributed by atoms with van der Waals surface area (Å²) in [5.74, 6) is -0.0116. The van der Waals surface area contributed by atoms with Crippen molar-refractivity contribution in [3.05, 3.63) is 12.3 Å². The summed E-state index contributed by atoms with van der Waals surface area (Å²) in [6.07, 6.45) is 2.65. The molecule has 0 spiro atoms. The number of allylic oxidation sites excluding steroid dienone is 1. The molecule has 0 amide bonds. The molecule has 36 valence electrons. The first kappa shape index (κ1) is 6.74. The molecule has 0 atom stereocenters. The predicted octanol–water partition coefficient (Wildman–Crippen LogP) is 0.189. The van der Waals surface area contributed by atoms with Crippen LogP contribution in [0.15, 0.2) is 12.3 Å². The van der Waals surface area contributed by atoms with E-state index in [1.807, 2.05) is 16.6 Å². The fraction of sp³-hybridized carbons (Fsp3) is 0.250. The van der Waals surface area contributed by atoms with Crippen LogP contribution in [-0.4, -0.2) is 22.4 Å². The van der Waals surface area contributed by atoms with E-state index in [-0.39, 0.29) is 5.78 Å². The van der Waals surface area contributed by atoms with E-state index in [9.17, 15) is 4.79 Å². The predicted molar refractivity (Wildman–Crippen MR) is 26.7 cm³/mol. The van der Waals surface area contributed by atoms with Crippen molar-refractivity contribution in [2.75, 3.05) is 0 Å². The maximum Gasteiger partial charge on any atom is 0.481 e. The van der Waals surface area contributed by atoms with E-state index in [0.717, 1.165) is 0 Å². The zero-order valence-corrected chi connectivity index (χ0v) is 5.20. The highest BCUT2D eigenvalue weighted by Gasteiger charge is 1.75. The summed E-state index contributed by atoms with van der Waals surface area (Å²) < 4.78 is 4.37. The summed E-state index contributed by atoms with van der Waals surface area (Å²) in [6, 6.07) is 0. The van der Waals surface area contributed by atoms with Gasteiger partial charge in [-0.15, -0.1) is 0 Å². The van der Waals surface area contributed by atoms with Crippen molar-refractivity contribution < 1.29 is 8.58 Å². The van der Waals surface area contributed by atoms with Crippen LogP contribution in [0.5, 0.6) is 0 Å². The Morgan fingerprint density at radius 3 is 2.57 bits per heavy atom. The van der Waals surface area contributed by atoms with Crippen molar-refractivity contribution >= 4 is 22.4 Å². The largest absolute Gasteiger partial charge is 0.659 e. The average Bonchev–Trinajstić information content (AvgIpc) is 1.61. The van der Waals surface area contributed by atoms with Crippen LogP contribution in [-0.2, 0) is 8.58 Å². The third kappa shape index (κ3) is 5.74. The van der Waals surface area contributed by atoms with Crippen LogP contribution >= 0.6 is 0 Å². The molecule has 2 nitrogen and oxygen atoms in total. The van der Waals surface area contributed by atoms with Gasteiger partial charge in [0.15, 0.2) is 5.78 Å². The quantitative estimate of drug-likeness (QED) is 0.289. The zero-order valence-electron chi connectivity index (χ0n) is 4.05. The highest BCUT2D eigenvalue weighted by molar-refractivity contribution is 5.98. The van der Waals surface area contributed by atoms with Crippen molar-refractivity contribution in [2.24, 2.45) is 0 Å². The number of hydrogen-bond donors (Lipinski definition) is 0. The first-order chi connectivity index (χ1) is 3.27. The van der Waals surface area contributed by atoms with Crippen molar-refractivity contribution in [3.63, 3.8) is 0 Å². The van der Waals surface area contributed by atoms with Gasteiger partial charge in [-0.25, -0.2) is 0 Å². The second kappa shape index (κ2) is 3.92. The molecule has 0 rings (SSSR count). The van der Waals surface area contributed by atoms with E-state index in [1.165, 1.54) is 19.3 Å². The van der Waals surface area contributed by atoms with E-state index < -0.39 is 0 Å². The fourth-order valence-electron chi connectivity index (χ4n) is 0.135. The summed E-state index contributed by atoms with van der Waals surface area (Å²) in [5, 5.41) is 0. The van der Waals surface area contributed by atoms with E-state index >= 15 is 0 Å². The monoisotopic (exact) mass is 112 g/mol. The van der Waals surface area contributed by atoms with Crippen LogP contribution < -0.4 is 0 Å². The Kier molecular flexibility index (Phi) is 3.77. The lowest BCUT2D eigenvalue weighted by Crippen LogP contribution is -1.79. The maximum atomic E-state index is 10.0. The molecule has 0 heterocycles. The zero-order chi connectivity index (χ0) is 5.70. The first-order valence-electron chi connectivity index (χ1n) is 1.80. The molecule has 7 heavy (non-hydrogen) atoms. The Morgan fingerprint density at radius 1 is 1.86 bits per heavy atom. The van der Waals surface area contributed by atoms with Gasteiger partial charge in [-0.1, -0.05) is 0 Å². The number of carbonyl (C=O) groups is 1. The van der Waals surface area contributed by atoms with Crippen molar-refractivity contribution in [3.8, 4) is 0 Å². The SMILES string of the molecule is CC(=O)/C=C\[O][Al]. The normalized spacial score (nSPS) is 9.29. The third-order valence-electron chi connectivity index (χ3n) is 0.381. The van der Waals surface area contributed by atoms with Crippen molar-refractivity contribution in [1.29, 1.82) is 0 Å². The molecule has 0 saturated carbocycles. The molecule has 0 bridgehead atoms. The molecule has 0 unspecified atom stereocenters. The Balaban J connectivity index is 3.26. The van der Waals surface area contributed by atoms with E-state index in [2.05, 4.69) is 3.79 Å². The summed E-state index contributed by atoms with van der Waals surface area (Å²) >= 11 is 2.01. The molecule has 0 aliphatic heterocycles. The average molecular weight is 112 g/mol. The van der Waals surface area contributed by atoms with Gasteiger partial charge in [0.25, 0.3) is 0 Å². The lowest BCUT2D eigenvalue weighted by molar-refractivity contribution is -0.112. The molecular formula is C4H5AlO2. The van der Waals surface area contributed by atoms with Crippen LogP contribution in [0.4, 0.5) is 0 Å². The fourth-order valence-corrected chi connectivity index (χ4v) is 0.214. The molecule has 0 saturated heterocycles. The summed E-state index contributed by atoms with van der Waals surface area (Å²) in [6.45, 7) is 1.46. The second-order valence-electron chi connectivity index (χ2n) is 1.05. The van der Waals surface area contributed by atoms with Gasteiger partial charge in [-0.2, -0.15) is 0 Å². The van der Waals surface area contributed by atoms with Crippen LogP contribution in [0.25, 0.3) is 0 Å². The number of ketones is 1. The molecule has 2 radical (unpaired) electrons. The molecular weight excluding hydrogens is 107 g/mol. The minimum atomic E-state index is -0.0116. The van der Waals surface area contributed by atoms with Gasteiger partial charge in [0, 0.05) is 12.3 Å². The van der Waals surface area contributed by atoms with E-state index in [1.54, 1.807) is 0 Å². The number of rotatable bonds is 2.